The van der Waals surface area contributed by atoms with Crippen LogP contribution in [0.25, 0.3) is 10.9 Å². The molecule has 3 rings (SSSR count). The molecule has 1 aliphatic rings. The lowest BCUT2D eigenvalue weighted by molar-refractivity contribution is -0.141. The van der Waals surface area contributed by atoms with Crippen molar-refractivity contribution in [2.24, 2.45) is 29.2 Å². The van der Waals surface area contributed by atoms with Gasteiger partial charge in [0, 0.05) is 28.5 Å². The molecule has 1 saturated heterocycles. The third kappa shape index (κ3) is 12.1. The number of benzene rings is 1. The third-order valence-electron chi connectivity index (χ3n) is 9.68. The van der Waals surface area contributed by atoms with Crippen LogP contribution in [0.3, 0.4) is 0 Å². The average molecular weight is 790 g/mol. The number of amides is 7. The summed E-state index contributed by atoms with van der Waals surface area (Å²) in [5.41, 5.74) is 12.3. The normalized spacial score (nSPS) is 24.9. The van der Waals surface area contributed by atoms with Gasteiger partial charge < -0.3 is 53.5 Å². The molecule has 1 unspecified atom stereocenters. The summed E-state index contributed by atoms with van der Waals surface area (Å²) < 4.78 is 0. The molecule has 12 N–H and O–H groups in total. The first-order valence-electron chi connectivity index (χ1n) is 18.6. The summed E-state index contributed by atoms with van der Waals surface area (Å²) in [6.45, 7) is 10.8. The zero-order chi connectivity index (χ0) is 41.1. The molecule has 55 heavy (non-hydrogen) atoms. The number of hydrogen-bond acceptors (Lipinski definition) is 9. The van der Waals surface area contributed by atoms with Crippen LogP contribution >= 0.6 is 11.6 Å². The van der Waals surface area contributed by atoms with Gasteiger partial charge in [0.25, 0.3) is 0 Å². The number of aromatic nitrogens is 1. The summed E-state index contributed by atoms with van der Waals surface area (Å²) >= 11 is 6.26. The molecule has 2 heterocycles. The molecular weight excluding hydrogens is 734 g/mol. The number of carbonyl (C=O) groups excluding carboxylic acids is 7. The zero-order valence-electron chi connectivity index (χ0n) is 32.2. The molecule has 0 aliphatic carbocycles. The summed E-state index contributed by atoms with van der Waals surface area (Å²) in [5, 5.41) is 27.6. The Morgan fingerprint density at radius 1 is 0.782 bits per heavy atom. The highest BCUT2D eigenvalue weighted by Crippen LogP contribution is 2.24. The van der Waals surface area contributed by atoms with Crippen LogP contribution < -0.4 is 43.4 Å². The molecule has 1 aromatic heterocycles. The minimum atomic E-state index is -2.27. The Morgan fingerprint density at radius 2 is 1.33 bits per heavy atom. The lowest BCUT2D eigenvalue weighted by Crippen LogP contribution is -2.65. The van der Waals surface area contributed by atoms with Crippen LogP contribution in [0.5, 0.6) is 0 Å². The van der Waals surface area contributed by atoms with Gasteiger partial charge in [-0.2, -0.15) is 0 Å². The van der Waals surface area contributed by atoms with Gasteiger partial charge in [-0.05, 0) is 67.3 Å². The maximum atomic E-state index is 14.2. The SMILES string of the molecule is CCC(C)[C@@H]1NC(=O)[C@@H](CC(C)C)NC(=O)[C@@H](C(C)C)NC(=O)[C@H](Cc2c[nH]c3ccc(Cl)cc23)NC(=O)[C@@H]([C@@H](O)C(N)=O)NC(=O)[C@H](CCCN)NC1=O. The number of nitrogens with one attached hydrogen (secondary N) is 7. The molecule has 2 aromatic rings. The quantitative estimate of drug-likeness (QED) is 0.134. The first-order chi connectivity index (χ1) is 25.9. The van der Waals surface area contributed by atoms with Gasteiger partial charge in [0.15, 0.2) is 6.10 Å². The van der Waals surface area contributed by atoms with Crippen molar-refractivity contribution in [3.8, 4) is 0 Å². The first kappa shape index (κ1) is 44.7. The summed E-state index contributed by atoms with van der Waals surface area (Å²) in [4.78, 5) is 99.0. The molecule has 0 bridgehead atoms. The van der Waals surface area contributed by atoms with E-state index in [2.05, 4.69) is 36.9 Å². The Bertz CT molecular complexity index is 1720. The molecule has 0 radical (unpaired) electrons. The molecule has 8 atom stereocenters. The van der Waals surface area contributed by atoms with E-state index >= 15 is 0 Å². The van der Waals surface area contributed by atoms with Gasteiger partial charge in [-0.1, -0.05) is 59.6 Å². The maximum Gasteiger partial charge on any atom is 0.248 e. The molecule has 18 heteroatoms. The summed E-state index contributed by atoms with van der Waals surface area (Å²) in [7, 11) is 0. The monoisotopic (exact) mass is 789 g/mol. The number of hydrogen-bond donors (Lipinski definition) is 10. The zero-order valence-corrected chi connectivity index (χ0v) is 32.9. The van der Waals surface area contributed by atoms with Crippen LogP contribution in [0.4, 0.5) is 0 Å². The predicted molar refractivity (Wildman–Crippen MR) is 206 cm³/mol. The van der Waals surface area contributed by atoms with E-state index in [0.29, 0.717) is 27.9 Å². The topological polar surface area (TPSA) is 280 Å². The highest BCUT2D eigenvalue weighted by atomic mass is 35.5. The van der Waals surface area contributed by atoms with Crippen molar-refractivity contribution >= 4 is 63.9 Å². The standard InChI is InChI=1S/C37H56ClN9O8/c1-7-19(6)28-36(54)42-24(9-8-12-39)32(50)47-29(30(48)31(40)49)37(55)44-26(14-20-16-41-23-11-10-21(38)15-22(20)23)34(52)45-27(18(4)5)35(53)43-25(13-17(2)3)33(51)46-28/h10-11,15-19,24-30,41,48H,7-9,12-14,39H2,1-6H3,(H2,40,49)(H,42,54)(H,43,53)(H,44,55)(H,45,52)(H,46,51)(H,47,50)/t19?,24-,25+,26-,27+,28-,29+,30+/m0/s1. The Kier molecular flexibility index (Phi) is 16.4. The smallest absolute Gasteiger partial charge is 0.248 e. The van der Waals surface area contributed by atoms with Gasteiger partial charge in [0.05, 0.1) is 0 Å². The largest absolute Gasteiger partial charge is 0.381 e. The van der Waals surface area contributed by atoms with Crippen LogP contribution in [-0.4, -0.2) is 100 Å². The van der Waals surface area contributed by atoms with Gasteiger partial charge in [-0.3, -0.25) is 33.6 Å². The van der Waals surface area contributed by atoms with Crippen molar-refractivity contribution in [3.63, 3.8) is 0 Å². The Morgan fingerprint density at radius 3 is 1.93 bits per heavy atom. The van der Waals surface area contributed by atoms with Crippen LogP contribution in [-0.2, 0) is 40.0 Å². The fourth-order valence-electron chi connectivity index (χ4n) is 6.28. The van der Waals surface area contributed by atoms with E-state index in [-0.39, 0.29) is 38.1 Å². The number of halogens is 1. The second-order valence-electron chi connectivity index (χ2n) is 14.9. The molecule has 1 fully saturated rings. The predicted octanol–water partition coefficient (Wildman–Crippen LogP) is -0.380. The van der Waals surface area contributed by atoms with E-state index in [0.717, 1.165) is 0 Å². The van der Waals surface area contributed by atoms with Crippen LogP contribution in [0, 0.1) is 17.8 Å². The third-order valence-corrected chi connectivity index (χ3v) is 9.92. The van der Waals surface area contributed by atoms with E-state index in [9.17, 15) is 38.7 Å². The molecular formula is C37H56ClN9O8. The second kappa shape index (κ2) is 20.3. The van der Waals surface area contributed by atoms with Crippen molar-refractivity contribution < 1.29 is 38.7 Å². The summed E-state index contributed by atoms with van der Waals surface area (Å²) in [6, 6.07) is -3.26. The lowest BCUT2D eigenvalue weighted by Gasteiger charge is -2.32. The highest BCUT2D eigenvalue weighted by molar-refractivity contribution is 6.31. The molecule has 0 spiro atoms. The van der Waals surface area contributed by atoms with E-state index in [1.807, 2.05) is 20.8 Å². The Hall–Kier alpha value is -4.74. The van der Waals surface area contributed by atoms with Gasteiger partial charge in [0.2, 0.25) is 41.4 Å². The number of fused-ring (bicyclic) bond motifs is 1. The number of primary amides is 1. The molecule has 304 valence electrons. The van der Waals surface area contributed by atoms with Crippen LogP contribution in [0.15, 0.2) is 24.4 Å². The second-order valence-corrected chi connectivity index (χ2v) is 15.3. The van der Waals surface area contributed by atoms with Crippen LogP contribution in [0.2, 0.25) is 5.02 Å². The average Bonchev–Trinajstić information content (AvgIpc) is 3.52. The van der Waals surface area contributed by atoms with Crippen molar-refractivity contribution in [3.05, 3.63) is 35.0 Å². The van der Waals surface area contributed by atoms with E-state index in [1.54, 1.807) is 45.2 Å². The van der Waals surface area contributed by atoms with Gasteiger partial charge >= 0.3 is 0 Å². The number of aromatic amines is 1. The van der Waals surface area contributed by atoms with Crippen molar-refractivity contribution in [1.82, 2.24) is 36.9 Å². The van der Waals surface area contributed by atoms with Gasteiger partial charge in [-0.25, -0.2) is 0 Å². The molecule has 1 aliphatic heterocycles. The van der Waals surface area contributed by atoms with Crippen molar-refractivity contribution in [2.75, 3.05) is 6.54 Å². The van der Waals surface area contributed by atoms with E-state index in [1.165, 1.54) is 0 Å². The fraction of sp³-hybridized carbons (Fsp3) is 0.595. The van der Waals surface area contributed by atoms with Gasteiger partial charge in [-0.15, -0.1) is 0 Å². The number of aliphatic hydroxyl groups is 1. The van der Waals surface area contributed by atoms with Crippen molar-refractivity contribution in [1.29, 1.82) is 0 Å². The number of nitrogens with two attached hydrogens (primary N) is 2. The molecule has 7 amide bonds. The minimum absolute atomic E-state index is 0.0208. The Balaban J connectivity index is 2.19. The first-order valence-corrected chi connectivity index (χ1v) is 19.0. The maximum absolute atomic E-state index is 14.2. The molecule has 17 nitrogen and oxygen atoms in total. The van der Waals surface area contributed by atoms with Crippen LogP contribution in [0.1, 0.15) is 72.8 Å². The molecule has 1 aromatic carbocycles. The number of H-pyrrole nitrogens is 1. The van der Waals surface area contributed by atoms with Gasteiger partial charge in [0.1, 0.15) is 36.3 Å². The number of carbonyl (C=O) groups is 7. The van der Waals surface area contributed by atoms with Crippen molar-refractivity contribution in [2.45, 2.75) is 116 Å². The lowest BCUT2D eigenvalue weighted by atomic mass is 9.95. The van der Waals surface area contributed by atoms with E-state index < -0.39 is 95.5 Å². The minimum Gasteiger partial charge on any atom is -0.381 e. The highest BCUT2D eigenvalue weighted by Gasteiger charge is 2.39. The fourth-order valence-corrected chi connectivity index (χ4v) is 6.45. The summed E-state index contributed by atoms with van der Waals surface area (Å²) in [5.74, 6) is -7.39. The number of rotatable bonds is 12. The molecule has 0 saturated carbocycles. The number of aliphatic hydroxyl groups excluding tert-OH is 1. The Labute approximate surface area is 325 Å². The summed E-state index contributed by atoms with van der Waals surface area (Å²) in [6.07, 6.45) is 0.0242. The van der Waals surface area contributed by atoms with E-state index in [4.69, 9.17) is 23.1 Å².